The molecule has 1 N–H and O–H groups in total. The number of amides is 1. The zero-order valence-corrected chi connectivity index (χ0v) is 18.4. The van der Waals surface area contributed by atoms with E-state index in [1.807, 2.05) is 47.5 Å². The average Bonchev–Trinajstić information content (AvgIpc) is 3.53. The number of halogens is 1. The van der Waals surface area contributed by atoms with Gasteiger partial charge in [0, 0.05) is 54.2 Å². The highest BCUT2D eigenvalue weighted by Gasteiger charge is 2.27. The predicted molar refractivity (Wildman–Crippen MR) is 130 cm³/mol. The summed E-state index contributed by atoms with van der Waals surface area (Å²) in [6.07, 6.45) is 7.08. The number of aromatic amines is 1. The SMILES string of the molecule is O=C(c1cc2ccccc2nc1N1CCCC1)N1CC=C(c2c[nH]c3cc(F)ccc23)CC1. The number of hydrogen-bond donors (Lipinski definition) is 1. The van der Waals surface area contributed by atoms with Gasteiger partial charge in [-0.2, -0.15) is 0 Å². The van der Waals surface area contributed by atoms with Gasteiger partial charge in [0.25, 0.3) is 5.91 Å². The molecule has 33 heavy (non-hydrogen) atoms. The van der Waals surface area contributed by atoms with E-state index in [0.717, 1.165) is 65.5 Å². The zero-order chi connectivity index (χ0) is 22.4. The van der Waals surface area contributed by atoms with E-state index < -0.39 is 0 Å². The van der Waals surface area contributed by atoms with E-state index in [4.69, 9.17) is 4.98 Å². The minimum absolute atomic E-state index is 0.0338. The number of aromatic nitrogens is 2. The highest BCUT2D eigenvalue weighted by molar-refractivity contribution is 6.03. The number of benzene rings is 2. The number of para-hydroxylation sites is 1. The van der Waals surface area contributed by atoms with E-state index in [2.05, 4.69) is 16.0 Å². The fourth-order valence-electron chi connectivity index (χ4n) is 5.07. The smallest absolute Gasteiger partial charge is 0.257 e. The summed E-state index contributed by atoms with van der Waals surface area (Å²) < 4.78 is 13.5. The second-order valence-corrected chi connectivity index (χ2v) is 8.87. The number of hydrogen-bond acceptors (Lipinski definition) is 3. The first-order valence-electron chi connectivity index (χ1n) is 11.6. The molecule has 2 aliphatic rings. The first-order valence-corrected chi connectivity index (χ1v) is 11.6. The van der Waals surface area contributed by atoms with Crippen LogP contribution in [0.25, 0.3) is 27.4 Å². The molecular weight excluding hydrogens is 415 g/mol. The van der Waals surface area contributed by atoms with E-state index in [9.17, 15) is 9.18 Å². The van der Waals surface area contributed by atoms with Crippen molar-refractivity contribution in [2.45, 2.75) is 19.3 Å². The second kappa shape index (κ2) is 8.03. The Labute approximate surface area is 191 Å². The van der Waals surface area contributed by atoms with Crippen LogP contribution in [0.5, 0.6) is 0 Å². The summed E-state index contributed by atoms with van der Waals surface area (Å²) in [6.45, 7) is 3.08. The summed E-state index contributed by atoms with van der Waals surface area (Å²) >= 11 is 0. The Balaban J connectivity index is 1.31. The Morgan fingerprint density at radius 3 is 2.70 bits per heavy atom. The van der Waals surface area contributed by atoms with Gasteiger partial charge >= 0.3 is 0 Å². The van der Waals surface area contributed by atoms with E-state index in [-0.39, 0.29) is 11.7 Å². The van der Waals surface area contributed by atoms with Crippen molar-refractivity contribution in [2.24, 2.45) is 0 Å². The van der Waals surface area contributed by atoms with Gasteiger partial charge in [-0.1, -0.05) is 24.3 Å². The summed E-state index contributed by atoms with van der Waals surface area (Å²) in [7, 11) is 0. The first-order chi connectivity index (χ1) is 16.2. The number of H-pyrrole nitrogens is 1. The van der Waals surface area contributed by atoms with Crippen molar-refractivity contribution in [3.8, 4) is 0 Å². The lowest BCUT2D eigenvalue weighted by atomic mass is 9.98. The molecule has 6 rings (SSSR count). The Kier molecular flexibility index (Phi) is 4.86. The van der Waals surface area contributed by atoms with Crippen molar-refractivity contribution in [2.75, 3.05) is 31.1 Å². The lowest BCUT2D eigenvalue weighted by Crippen LogP contribution is -2.36. The molecule has 1 amide bonds. The molecule has 4 heterocycles. The normalized spacial score (nSPS) is 16.6. The number of carbonyl (C=O) groups excluding carboxylic acids is 1. The van der Waals surface area contributed by atoms with Crippen LogP contribution in [0.1, 0.15) is 35.2 Å². The van der Waals surface area contributed by atoms with Crippen molar-refractivity contribution >= 4 is 39.1 Å². The Morgan fingerprint density at radius 1 is 1.03 bits per heavy atom. The third kappa shape index (κ3) is 3.55. The summed E-state index contributed by atoms with van der Waals surface area (Å²) in [6, 6.07) is 14.8. The van der Waals surface area contributed by atoms with Crippen molar-refractivity contribution < 1.29 is 9.18 Å². The molecule has 0 bridgehead atoms. The quantitative estimate of drug-likeness (QED) is 0.465. The lowest BCUT2D eigenvalue weighted by Gasteiger charge is -2.28. The number of rotatable bonds is 3. The molecule has 6 heteroatoms. The van der Waals surface area contributed by atoms with E-state index in [1.54, 1.807) is 0 Å². The fourth-order valence-corrected chi connectivity index (χ4v) is 5.07. The maximum atomic E-state index is 13.6. The predicted octanol–water partition coefficient (Wildman–Crippen LogP) is 5.38. The second-order valence-electron chi connectivity index (χ2n) is 8.87. The first kappa shape index (κ1) is 20.0. The van der Waals surface area contributed by atoms with Crippen molar-refractivity contribution in [1.29, 1.82) is 0 Å². The summed E-state index contributed by atoms with van der Waals surface area (Å²) in [4.78, 5) is 25.9. The molecule has 4 aromatic rings. The summed E-state index contributed by atoms with van der Waals surface area (Å²) in [5.74, 6) is 0.596. The number of pyridine rings is 1. The molecule has 166 valence electrons. The number of anilines is 1. The van der Waals surface area contributed by atoms with Crippen LogP contribution < -0.4 is 4.90 Å². The molecule has 1 fully saturated rings. The topological polar surface area (TPSA) is 52.2 Å². The van der Waals surface area contributed by atoms with Gasteiger partial charge in [0.15, 0.2) is 0 Å². The molecule has 1 saturated heterocycles. The molecule has 0 aliphatic carbocycles. The number of fused-ring (bicyclic) bond motifs is 2. The molecule has 0 unspecified atom stereocenters. The van der Waals surface area contributed by atoms with E-state index in [0.29, 0.717) is 18.7 Å². The van der Waals surface area contributed by atoms with Crippen molar-refractivity contribution in [3.05, 3.63) is 77.7 Å². The van der Waals surface area contributed by atoms with Gasteiger partial charge in [0.1, 0.15) is 11.6 Å². The van der Waals surface area contributed by atoms with Crippen molar-refractivity contribution in [1.82, 2.24) is 14.9 Å². The number of nitrogens with one attached hydrogen (secondary N) is 1. The summed E-state index contributed by atoms with van der Waals surface area (Å²) in [5, 5.41) is 2.00. The maximum Gasteiger partial charge on any atom is 0.257 e. The molecule has 5 nitrogen and oxygen atoms in total. The standard InChI is InChI=1S/C27H25FN4O/c28-20-7-8-21-23(17-29-25(21)16-20)18-9-13-32(14-10-18)27(33)22-15-19-5-1-2-6-24(19)30-26(22)31-11-3-4-12-31/h1-2,5-9,15-17,29H,3-4,10-14H2. The van der Waals surface area contributed by atoms with Crippen LogP contribution in [-0.2, 0) is 0 Å². The molecule has 2 aromatic carbocycles. The monoisotopic (exact) mass is 440 g/mol. The maximum absolute atomic E-state index is 13.6. The molecule has 0 spiro atoms. The highest BCUT2D eigenvalue weighted by Crippen LogP contribution is 2.32. The third-order valence-electron chi connectivity index (χ3n) is 6.83. The minimum Gasteiger partial charge on any atom is -0.360 e. The molecule has 0 radical (unpaired) electrons. The third-order valence-corrected chi connectivity index (χ3v) is 6.83. The van der Waals surface area contributed by atoms with Gasteiger partial charge in [-0.15, -0.1) is 0 Å². The summed E-state index contributed by atoms with van der Waals surface area (Å²) in [5.41, 5.74) is 4.68. The van der Waals surface area contributed by atoms with Crippen LogP contribution in [0.2, 0.25) is 0 Å². The Bertz CT molecular complexity index is 1400. The Morgan fingerprint density at radius 2 is 1.88 bits per heavy atom. The zero-order valence-electron chi connectivity index (χ0n) is 18.4. The van der Waals surface area contributed by atoms with Crippen LogP contribution in [0.15, 0.2) is 60.8 Å². The number of carbonyl (C=O) groups is 1. The van der Waals surface area contributed by atoms with Gasteiger partial charge in [0.05, 0.1) is 11.1 Å². The molecular formula is C27H25FN4O. The Hall–Kier alpha value is -3.67. The van der Waals surface area contributed by atoms with Crippen LogP contribution >= 0.6 is 0 Å². The highest BCUT2D eigenvalue weighted by atomic mass is 19.1. The van der Waals surface area contributed by atoms with Gasteiger partial charge in [-0.3, -0.25) is 4.79 Å². The van der Waals surface area contributed by atoms with Crippen LogP contribution in [-0.4, -0.2) is 47.0 Å². The van der Waals surface area contributed by atoms with Gasteiger partial charge in [-0.25, -0.2) is 9.37 Å². The van der Waals surface area contributed by atoms with Crippen LogP contribution in [0.3, 0.4) is 0 Å². The number of nitrogens with zero attached hydrogens (tertiary/aromatic N) is 3. The van der Waals surface area contributed by atoms with Gasteiger partial charge in [0.2, 0.25) is 0 Å². The molecule has 2 aliphatic heterocycles. The largest absolute Gasteiger partial charge is 0.360 e. The molecule has 0 saturated carbocycles. The van der Waals surface area contributed by atoms with Gasteiger partial charge < -0.3 is 14.8 Å². The van der Waals surface area contributed by atoms with E-state index >= 15 is 0 Å². The van der Waals surface area contributed by atoms with Gasteiger partial charge in [-0.05, 0) is 55.2 Å². The van der Waals surface area contributed by atoms with Crippen LogP contribution in [0, 0.1) is 5.82 Å². The van der Waals surface area contributed by atoms with Crippen molar-refractivity contribution in [3.63, 3.8) is 0 Å². The average molecular weight is 441 g/mol. The molecule has 0 atom stereocenters. The van der Waals surface area contributed by atoms with Crippen LogP contribution in [0.4, 0.5) is 10.2 Å². The molecule has 2 aromatic heterocycles. The van der Waals surface area contributed by atoms with E-state index in [1.165, 1.54) is 17.7 Å². The lowest BCUT2D eigenvalue weighted by molar-refractivity contribution is 0.0773. The minimum atomic E-state index is -0.247. The fraction of sp³-hybridized carbons (Fsp3) is 0.259.